The van der Waals surface area contributed by atoms with Crippen LogP contribution in [0.4, 0.5) is 26.8 Å². The van der Waals surface area contributed by atoms with Crippen molar-refractivity contribution in [1.82, 2.24) is 14.3 Å². The van der Waals surface area contributed by atoms with Crippen molar-refractivity contribution >= 4 is 45.1 Å². The molecule has 0 unspecified atom stereocenters. The lowest BCUT2D eigenvalue weighted by molar-refractivity contribution is 0.0396. The van der Waals surface area contributed by atoms with Crippen LogP contribution in [0, 0.1) is 5.92 Å². The van der Waals surface area contributed by atoms with Crippen LogP contribution < -0.4 is 15.0 Å². The van der Waals surface area contributed by atoms with Crippen LogP contribution in [0.15, 0.2) is 41.6 Å². The fraction of sp³-hybridized carbons (Fsp3) is 0.576. The summed E-state index contributed by atoms with van der Waals surface area (Å²) in [4.78, 5) is 33.4. The zero-order chi connectivity index (χ0) is 33.8. The van der Waals surface area contributed by atoms with Gasteiger partial charge in [0.1, 0.15) is 17.2 Å². The van der Waals surface area contributed by atoms with Crippen molar-refractivity contribution in [3.8, 4) is 5.75 Å². The number of hydrazone groups is 1. The Morgan fingerprint density at radius 1 is 1.09 bits per heavy atom. The van der Waals surface area contributed by atoms with E-state index in [1.165, 1.54) is 6.42 Å². The number of ether oxygens (including phenoxy) is 3. The number of benzene rings is 1. The molecule has 1 N–H and O–H groups in total. The van der Waals surface area contributed by atoms with E-state index in [0.717, 1.165) is 43.2 Å². The number of amides is 3. The molecule has 3 amide bonds. The zero-order valence-electron chi connectivity index (χ0n) is 27.9. The number of rotatable bonds is 9. The number of carbonyl (C=O) groups excluding carboxylic acids is 2. The minimum atomic E-state index is -3.86. The van der Waals surface area contributed by atoms with Gasteiger partial charge in [0.15, 0.2) is 0 Å². The third-order valence-electron chi connectivity index (χ3n) is 8.47. The fourth-order valence-corrected chi connectivity index (χ4v) is 6.89. The van der Waals surface area contributed by atoms with Gasteiger partial charge in [-0.1, -0.05) is 19.3 Å². The van der Waals surface area contributed by atoms with Crippen molar-refractivity contribution in [2.75, 3.05) is 49.9 Å². The van der Waals surface area contributed by atoms with Crippen molar-refractivity contribution < 1.29 is 32.2 Å². The highest BCUT2D eigenvalue weighted by Crippen LogP contribution is 2.40. The molecule has 1 aliphatic carbocycles. The standard InChI is InChI=1S/C33H46N6O7S/c1-33(2,3)46-32(41)37(47(5,42)43)18-17-34-24-11-14-29(35-22-24)38-28-21-26(44-4)12-13-27(28)30(23-9-7-6-8-10-23)36-39(31(38)40)25-15-19-45-20-16-25/h11-14,21-23,25,34H,6-10,15-20H2,1-5H3. The van der Waals surface area contributed by atoms with Gasteiger partial charge in [0, 0.05) is 37.3 Å². The maximum atomic E-state index is 14.5. The predicted molar refractivity (Wildman–Crippen MR) is 180 cm³/mol. The molecular weight excluding hydrogens is 624 g/mol. The maximum Gasteiger partial charge on any atom is 0.424 e. The summed E-state index contributed by atoms with van der Waals surface area (Å²) in [5.74, 6) is 1.25. The Hall–Kier alpha value is -3.91. The van der Waals surface area contributed by atoms with E-state index >= 15 is 0 Å². The summed E-state index contributed by atoms with van der Waals surface area (Å²) in [7, 11) is -2.26. The Morgan fingerprint density at radius 3 is 2.43 bits per heavy atom. The number of hydrogen-bond donors (Lipinski definition) is 1. The molecule has 1 aromatic carbocycles. The van der Waals surface area contributed by atoms with Gasteiger partial charge in [0.05, 0.1) is 49.2 Å². The summed E-state index contributed by atoms with van der Waals surface area (Å²) in [5.41, 5.74) is 2.20. The van der Waals surface area contributed by atoms with E-state index in [1.807, 2.05) is 18.2 Å². The number of fused-ring (bicyclic) bond motifs is 1. The second-order valence-corrected chi connectivity index (χ2v) is 15.1. The summed E-state index contributed by atoms with van der Waals surface area (Å²) in [5, 5.41) is 9.90. The molecule has 1 saturated carbocycles. The van der Waals surface area contributed by atoms with Crippen molar-refractivity contribution in [3.05, 3.63) is 42.1 Å². The van der Waals surface area contributed by atoms with Gasteiger partial charge in [0.2, 0.25) is 10.0 Å². The van der Waals surface area contributed by atoms with Gasteiger partial charge in [0.25, 0.3) is 0 Å². The lowest BCUT2D eigenvalue weighted by Gasteiger charge is -2.33. The molecule has 0 spiro atoms. The van der Waals surface area contributed by atoms with Crippen LogP contribution in [0.5, 0.6) is 5.75 Å². The molecule has 2 aromatic rings. The maximum absolute atomic E-state index is 14.5. The zero-order valence-corrected chi connectivity index (χ0v) is 28.7. The molecule has 256 valence electrons. The van der Waals surface area contributed by atoms with Gasteiger partial charge in [-0.3, -0.25) is 0 Å². The lowest BCUT2D eigenvalue weighted by atomic mass is 9.83. The third-order valence-corrected chi connectivity index (χ3v) is 9.60. The summed E-state index contributed by atoms with van der Waals surface area (Å²) >= 11 is 0. The molecule has 1 saturated heterocycles. The number of sulfonamides is 1. The van der Waals surface area contributed by atoms with E-state index < -0.39 is 21.7 Å². The molecule has 47 heavy (non-hydrogen) atoms. The highest BCUT2D eigenvalue weighted by Gasteiger charge is 2.38. The molecule has 2 fully saturated rings. The summed E-state index contributed by atoms with van der Waals surface area (Å²) in [6, 6.07) is 8.84. The van der Waals surface area contributed by atoms with Crippen LogP contribution in [0.3, 0.4) is 0 Å². The first-order valence-corrected chi connectivity index (χ1v) is 18.1. The van der Waals surface area contributed by atoms with E-state index in [4.69, 9.17) is 19.3 Å². The largest absolute Gasteiger partial charge is 0.497 e. The van der Waals surface area contributed by atoms with E-state index in [2.05, 4.69) is 10.3 Å². The molecule has 0 bridgehead atoms. The molecule has 0 atom stereocenters. The summed E-state index contributed by atoms with van der Waals surface area (Å²) in [6.07, 6.45) is 8.46. The average molecular weight is 671 g/mol. The van der Waals surface area contributed by atoms with Crippen LogP contribution in [-0.2, 0) is 19.5 Å². The van der Waals surface area contributed by atoms with Crippen molar-refractivity contribution in [1.29, 1.82) is 0 Å². The van der Waals surface area contributed by atoms with Gasteiger partial charge in [-0.25, -0.2) is 37.2 Å². The Balaban J connectivity index is 1.43. The van der Waals surface area contributed by atoms with E-state index in [1.54, 1.807) is 56.1 Å². The Kier molecular flexibility index (Phi) is 10.6. The first-order chi connectivity index (χ1) is 22.4. The first kappa shape index (κ1) is 34.4. The molecule has 5 rings (SSSR count). The SMILES string of the molecule is COc1ccc2c(c1)N(c1ccc(NCCN(C(=O)OC(C)(C)C)S(C)(=O)=O)cn1)C(=O)N(C1CCOCC1)N=C2C1CCCCC1. The van der Waals surface area contributed by atoms with Crippen LogP contribution >= 0.6 is 0 Å². The molecule has 13 nitrogen and oxygen atoms in total. The minimum absolute atomic E-state index is 0.114. The van der Waals surface area contributed by atoms with Crippen LogP contribution in [0.25, 0.3) is 0 Å². The topological polar surface area (TPSA) is 143 Å². The molecule has 0 radical (unpaired) electrons. The van der Waals surface area contributed by atoms with Crippen LogP contribution in [0.1, 0.15) is 71.3 Å². The number of carbonyl (C=O) groups is 2. The molecule has 2 aliphatic heterocycles. The number of pyridine rings is 1. The molecule has 3 aliphatic rings. The Morgan fingerprint density at radius 2 is 1.81 bits per heavy atom. The highest BCUT2D eigenvalue weighted by molar-refractivity contribution is 7.88. The smallest absolute Gasteiger partial charge is 0.424 e. The number of methoxy groups -OCH3 is 1. The first-order valence-electron chi connectivity index (χ1n) is 16.2. The quantitative estimate of drug-likeness (QED) is 0.354. The van der Waals surface area contributed by atoms with E-state index in [0.29, 0.717) is 53.3 Å². The molecule has 14 heteroatoms. The predicted octanol–water partition coefficient (Wildman–Crippen LogP) is 5.74. The van der Waals surface area contributed by atoms with Crippen molar-refractivity contribution in [3.63, 3.8) is 0 Å². The molecule has 1 aromatic heterocycles. The monoisotopic (exact) mass is 670 g/mol. The molecular formula is C33H46N6O7S. The van der Waals surface area contributed by atoms with Gasteiger partial charge < -0.3 is 19.5 Å². The number of aromatic nitrogens is 1. The van der Waals surface area contributed by atoms with Crippen LogP contribution in [-0.4, -0.2) is 91.9 Å². The third kappa shape index (κ3) is 8.33. The van der Waals surface area contributed by atoms with E-state index in [9.17, 15) is 18.0 Å². The number of urea groups is 1. The summed E-state index contributed by atoms with van der Waals surface area (Å²) in [6.45, 7) is 6.12. The van der Waals surface area contributed by atoms with Gasteiger partial charge in [-0.15, -0.1) is 0 Å². The number of anilines is 3. The second-order valence-electron chi connectivity index (χ2n) is 13.2. The lowest BCUT2D eigenvalue weighted by Crippen LogP contribution is -2.45. The highest BCUT2D eigenvalue weighted by atomic mass is 32.2. The fourth-order valence-electron chi connectivity index (χ4n) is 6.15. The van der Waals surface area contributed by atoms with Crippen molar-refractivity contribution in [2.45, 2.75) is 77.4 Å². The van der Waals surface area contributed by atoms with Crippen LogP contribution in [0.2, 0.25) is 0 Å². The van der Waals surface area contributed by atoms with E-state index in [-0.39, 0.29) is 31.1 Å². The van der Waals surface area contributed by atoms with Gasteiger partial charge in [-0.05, 0) is 70.7 Å². The minimum Gasteiger partial charge on any atom is -0.497 e. The molecule has 3 heterocycles. The average Bonchev–Trinajstić information content (AvgIpc) is 3.16. The second kappa shape index (κ2) is 14.5. The van der Waals surface area contributed by atoms with Gasteiger partial charge >= 0.3 is 12.1 Å². The normalized spacial score (nSPS) is 18.2. The number of nitrogens with zero attached hydrogens (tertiary/aromatic N) is 5. The van der Waals surface area contributed by atoms with Gasteiger partial charge in [-0.2, -0.15) is 5.10 Å². The number of hydrogen-bond acceptors (Lipinski definition) is 10. The summed E-state index contributed by atoms with van der Waals surface area (Å²) < 4.78 is 41.8. The Labute approximate surface area is 277 Å². The number of nitrogens with one attached hydrogen (secondary N) is 1. The Bertz CT molecular complexity index is 1560. The van der Waals surface area contributed by atoms with Crippen molar-refractivity contribution in [2.24, 2.45) is 11.0 Å².